The zero-order valence-corrected chi connectivity index (χ0v) is 7.55. The first-order valence-corrected chi connectivity index (χ1v) is 4.56. The summed E-state index contributed by atoms with van der Waals surface area (Å²) in [5, 5.41) is 8.94. The molecule has 0 rings (SSSR count). The lowest BCUT2D eigenvalue weighted by Gasteiger charge is -2.02. The van der Waals surface area contributed by atoms with E-state index in [0.29, 0.717) is 0 Å². The van der Waals surface area contributed by atoms with Gasteiger partial charge in [0.05, 0.1) is 6.10 Å². The third-order valence-corrected chi connectivity index (χ3v) is 1.78. The van der Waals surface area contributed by atoms with Gasteiger partial charge in [-0.05, 0) is 26.2 Å². The van der Waals surface area contributed by atoms with Crippen LogP contribution in [0.15, 0.2) is 12.7 Å². The third-order valence-electron chi connectivity index (χ3n) is 1.78. The molecule has 1 heteroatoms. The number of rotatable bonds is 7. The molecule has 1 unspecified atom stereocenters. The number of hydrogen-bond donors (Lipinski definition) is 1. The Morgan fingerprint density at radius 1 is 1.27 bits per heavy atom. The maximum Gasteiger partial charge on any atom is 0.0512 e. The van der Waals surface area contributed by atoms with Gasteiger partial charge in [-0.3, -0.25) is 0 Å². The Morgan fingerprint density at radius 3 is 2.45 bits per heavy atom. The van der Waals surface area contributed by atoms with E-state index in [1.807, 2.05) is 13.0 Å². The van der Waals surface area contributed by atoms with Crippen molar-refractivity contribution in [3.05, 3.63) is 12.7 Å². The molecule has 0 heterocycles. The Hall–Kier alpha value is -0.300. The van der Waals surface area contributed by atoms with Crippen LogP contribution in [-0.4, -0.2) is 11.2 Å². The summed E-state index contributed by atoms with van der Waals surface area (Å²) in [6.45, 7) is 5.52. The molecule has 0 aliphatic heterocycles. The number of allylic oxidation sites excluding steroid dienone is 1. The molecule has 0 aliphatic carbocycles. The molecule has 66 valence electrons. The average Bonchev–Trinajstić information content (AvgIpc) is 1.96. The van der Waals surface area contributed by atoms with Gasteiger partial charge < -0.3 is 5.11 Å². The van der Waals surface area contributed by atoms with Gasteiger partial charge >= 0.3 is 0 Å². The second-order valence-electron chi connectivity index (χ2n) is 3.13. The highest BCUT2D eigenvalue weighted by molar-refractivity contribution is 4.65. The maximum atomic E-state index is 8.94. The summed E-state index contributed by atoms with van der Waals surface area (Å²) in [6, 6.07) is 0. The van der Waals surface area contributed by atoms with Crippen molar-refractivity contribution < 1.29 is 5.11 Å². The van der Waals surface area contributed by atoms with Crippen molar-refractivity contribution in [2.75, 3.05) is 0 Å². The van der Waals surface area contributed by atoms with E-state index in [4.69, 9.17) is 5.11 Å². The molecule has 0 saturated carbocycles. The number of hydrogen-bond acceptors (Lipinski definition) is 1. The van der Waals surface area contributed by atoms with Crippen LogP contribution in [0.25, 0.3) is 0 Å². The molecule has 0 radical (unpaired) electrons. The summed E-state index contributed by atoms with van der Waals surface area (Å²) in [5.41, 5.74) is 0. The van der Waals surface area contributed by atoms with Gasteiger partial charge in [0.2, 0.25) is 0 Å². The average molecular weight is 156 g/mol. The third kappa shape index (κ3) is 9.70. The molecule has 1 atom stereocenters. The smallest absolute Gasteiger partial charge is 0.0512 e. The van der Waals surface area contributed by atoms with Crippen LogP contribution in [0, 0.1) is 0 Å². The highest BCUT2D eigenvalue weighted by Crippen LogP contribution is 2.06. The summed E-state index contributed by atoms with van der Waals surface area (Å²) in [6.07, 6.45) is 8.88. The van der Waals surface area contributed by atoms with Crippen LogP contribution in [0.2, 0.25) is 0 Å². The van der Waals surface area contributed by atoms with E-state index < -0.39 is 0 Å². The van der Waals surface area contributed by atoms with Crippen LogP contribution in [0.4, 0.5) is 0 Å². The van der Waals surface area contributed by atoms with Crippen molar-refractivity contribution in [3.63, 3.8) is 0 Å². The Bertz CT molecular complexity index is 86.9. The van der Waals surface area contributed by atoms with Crippen molar-refractivity contribution in [1.29, 1.82) is 0 Å². The molecule has 11 heavy (non-hydrogen) atoms. The van der Waals surface area contributed by atoms with Gasteiger partial charge in [0.15, 0.2) is 0 Å². The van der Waals surface area contributed by atoms with Gasteiger partial charge in [0.25, 0.3) is 0 Å². The van der Waals surface area contributed by atoms with Gasteiger partial charge in [-0.25, -0.2) is 0 Å². The van der Waals surface area contributed by atoms with E-state index in [-0.39, 0.29) is 6.10 Å². The summed E-state index contributed by atoms with van der Waals surface area (Å²) in [4.78, 5) is 0. The molecule has 0 aromatic heterocycles. The fourth-order valence-corrected chi connectivity index (χ4v) is 1.08. The molecule has 0 spiro atoms. The topological polar surface area (TPSA) is 20.2 Å². The van der Waals surface area contributed by atoms with Crippen molar-refractivity contribution in [1.82, 2.24) is 0 Å². The minimum atomic E-state index is -0.116. The molecule has 0 bridgehead atoms. The fourth-order valence-electron chi connectivity index (χ4n) is 1.08. The first-order chi connectivity index (χ1) is 5.27. The molecular formula is C10H20O. The zero-order chi connectivity index (χ0) is 8.53. The second-order valence-corrected chi connectivity index (χ2v) is 3.13. The Balaban J connectivity index is 2.85. The predicted molar refractivity (Wildman–Crippen MR) is 49.6 cm³/mol. The van der Waals surface area contributed by atoms with E-state index >= 15 is 0 Å². The first kappa shape index (κ1) is 10.7. The lowest BCUT2D eigenvalue weighted by molar-refractivity contribution is 0.180. The van der Waals surface area contributed by atoms with Crippen molar-refractivity contribution in [2.45, 2.75) is 51.6 Å². The fraction of sp³-hybridized carbons (Fsp3) is 0.800. The molecule has 0 aromatic carbocycles. The van der Waals surface area contributed by atoms with E-state index in [0.717, 1.165) is 19.3 Å². The van der Waals surface area contributed by atoms with Gasteiger partial charge in [-0.1, -0.05) is 25.3 Å². The first-order valence-electron chi connectivity index (χ1n) is 4.56. The van der Waals surface area contributed by atoms with Crippen LogP contribution >= 0.6 is 0 Å². The lowest BCUT2D eigenvalue weighted by Crippen LogP contribution is -1.97. The Morgan fingerprint density at radius 2 is 1.91 bits per heavy atom. The Labute approximate surface area is 70.1 Å². The predicted octanol–water partition coefficient (Wildman–Crippen LogP) is 2.89. The minimum absolute atomic E-state index is 0.116. The van der Waals surface area contributed by atoms with Crippen LogP contribution < -0.4 is 0 Å². The van der Waals surface area contributed by atoms with E-state index in [1.54, 1.807) is 0 Å². The number of aliphatic hydroxyl groups excluding tert-OH is 1. The molecule has 0 aliphatic rings. The number of unbranched alkanes of at least 4 members (excludes halogenated alkanes) is 4. The van der Waals surface area contributed by atoms with Crippen LogP contribution in [-0.2, 0) is 0 Å². The van der Waals surface area contributed by atoms with E-state index in [2.05, 4.69) is 6.58 Å². The van der Waals surface area contributed by atoms with Crippen LogP contribution in [0.5, 0.6) is 0 Å². The van der Waals surface area contributed by atoms with Crippen LogP contribution in [0.3, 0.4) is 0 Å². The monoisotopic (exact) mass is 156 g/mol. The molecule has 1 nitrogen and oxygen atoms in total. The quantitative estimate of drug-likeness (QED) is 0.444. The maximum absolute atomic E-state index is 8.94. The summed E-state index contributed by atoms with van der Waals surface area (Å²) >= 11 is 0. The van der Waals surface area contributed by atoms with Gasteiger partial charge in [0, 0.05) is 0 Å². The lowest BCUT2D eigenvalue weighted by atomic mass is 10.1. The second kappa shape index (κ2) is 7.80. The molecule has 0 amide bonds. The highest BCUT2D eigenvalue weighted by Gasteiger charge is 1.94. The van der Waals surface area contributed by atoms with Crippen molar-refractivity contribution in [3.8, 4) is 0 Å². The van der Waals surface area contributed by atoms with E-state index in [1.165, 1.54) is 19.3 Å². The molecule has 0 saturated heterocycles. The Kier molecular flexibility index (Phi) is 7.59. The zero-order valence-electron chi connectivity index (χ0n) is 7.55. The normalized spacial score (nSPS) is 12.9. The van der Waals surface area contributed by atoms with E-state index in [9.17, 15) is 0 Å². The molecule has 0 fully saturated rings. The summed E-state index contributed by atoms with van der Waals surface area (Å²) in [7, 11) is 0. The molecule has 1 N–H and O–H groups in total. The highest BCUT2D eigenvalue weighted by atomic mass is 16.3. The van der Waals surface area contributed by atoms with Gasteiger partial charge in [-0.2, -0.15) is 0 Å². The van der Waals surface area contributed by atoms with Gasteiger partial charge in [0.1, 0.15) is 0 Å². The summed E-state index contributed by atoms with van der Waals surface area (Å²) in [5.74, 6) is 0. The number of aliphatic hydroxyl groups is 1. The largest absolute Gasteiger partial charge is 0.393 e. The molecule has 0 aromatic rings. The van der Waals surface area contributed by atoms with Crippen LogP contribution in [0.1, 0.15) is 45.4 Å². The standard InChI is InChI=1S/C10H20O/c1-3-4-5-6-7-8-9-10(2)11/h3,10-11H,1,4-9H2,2H3. The SMILES string of the molecule is C=CCCCCCCC(C)O. The summed E-state index contributed by atoms with van der Waals surface area (Å²) < 4.78 is 0. The minimum Gasteiger partial charge on any atom is -0.393 e. The van der Waals surface area contributed by atoms with Gasteiger partial charge in [-0.15, -0.1) is 6.58 Å². The molecular weight excluding hydrogens is 136 g/mol. The van der Waals surface area contributed by atoms with Crippen molar-refractivity contribution in [2.24, 2.45) is 0 Å². The van der Waals surface area contributed by atoms with Crippen molar-refractivity contribution >= 4 is 0 Å².